The summed E-state index contributed by atoms with van der Waals surface area (Å²) in [5.74, 6) is 0.398. The first kappa shape index (κ1) is 16.0. The molecule has 2 nitrogen and oxygen atoms in total. The van der Waals surface area contributed by atoms with E-state index in [1.165, 1.54) is 12.1 Å². The van der Waals surface area contributed by atoms with Gasteiger partial charge in [0.1, 0.15) is 0 Å². The number of nitrogens with one attached hydrogen (secondary N) is 1. The van der Waals surface area contributed by atoms with E-state index in [1.807, 2.05) is 0 Å². The van der Waals surface area contributed by atoms with Crippen molar-refractivity contribution in [2.24, 2.45) is 5.92 Å². The predicted molar refractivity (Wildman–Crippen MR) is 68.8 cm³/mol. The molecule has 1 unspecified atom stereocenters. The predicted octanol–water partition coefficient (Wildman–Crippen LogP) is 3.47. The summed E-state index contributed by atoms with van der Waals surface area (Å²) in [5.41, 5.74) is 0.211. The number of rotatable bonds is 6. The molecule has 0 saturated carbocycles. The Labute approximate surface area is 112 Å². The largest absolute Gasteiger partial charge is 0.416 e. The highest BCUT2D eigenvalue weighted by atomic mass is 19.4. The van der Waals surface area contributed by atoms with Crippen molar-refractivity contribution in [3.05, 3.63) is 35.4 Å². The number of hydrogen-bond acceptors (Lipinski definition) is 2. The molecule has 0 radical (unpaired) electrons. The quantitative estimate of drug-likeness (QED) is 0.858. The molecule has 1 rings (SSSR count). The van der Waals surface area contributed by atoms with Crippen LogP contribution in [0, 0.1) is 5.92 Å². The second-order valence-electron chi connectivity index (χ2n) is 4.88. The van der Waals surface area contributed by atoms with E-state index >= 15 is 0 Å². The van der Waals surface area contributed by atoms with Gasteiger partial charge in [-0.2, -0.15) is 13.2 Å². The molecule has 0 aromatic heterocycles. The summed E-state index contributed by atoms with van der Waals surface area (Å²) in [6, 6.07) is 5.41. The van der Waals surface area contributed by atoms with Crippen molar-refractivity contribution < 1.29 is 17.9 Å². The number of methoxy groups -OCH3 is 1. The standard InChI is InChI=1S/C14H20F3NO/c1-10(2)13(9-19-3)18-8-11-4-6-12(7-5-11)14(15,16)17/h4-7,10,13,18H,8-9H2,1-3H3. The van der Waals surface area contributed by atoms with Gasteiger partial charge in [0, 0.05) is 19.7 Å². The smallest absolute Gasteiger partial charge is 0.383 e. The molecular formula is C14H20F3NO. The molecule has 0 aliphatic rings. The third kappa shape index (κ3) is 5.20. The lowest BCUT2D eigenvalue weighted by Gasteiger charge is -2.21. The Kier molecular flexibility index (Phi) is 5.82. The molecule has 1 aromatic carbocycles. The maximum Gasteiger partial charge on any atom is 0.416 e. The van der Waals surface area contributed by atoms with Crippen LogP contribution in [0.25, 0.3) is 0 Å². The maximum atomic E-state index is 12.4. The first-order valence-corrected chi connectivity index (χ1v) is 6.23. The molecular weight excluding hydrogens is 255 g/mol. The molecule has 0 spiro atoms. The van der Waals surface area contributed by atoms with Crippen LogP contribution in [0.4, 0.5) is 13.2 Å². The van der Waals surface area contributed by atoms with Gasteiger partial charge in [-0.15, -0.1) is 0 Å². The average Bonchev–Trinajstić information content (AvgIpc) is 2.33. The van der Waals surface area contributed by atoms with Crippen molar-refractivity contribution in [2.75, 3.05) is 13.7 Å². The Morgan fingerprint density at radius 2 is 1.74 bits per heavy atom. The highest BCUT2D eigenvalue weighted by Gasteiger charge is 2.29. The molecule has 1 aromatic rings. The summed E-state index contributed by atoms with van der Waals surface area (Å²) in [4.78, 5) is 0. The van der Waals surface area contributed by atoms with E-state index in [1.54, 1.807) is 7.11 Å². The summed E-state index contributed by atoms with van der Waals surface area (Å²) < 4.78 is 42.3. The summed E-state index contributed by atoms with van der Waals surface area (Å²) >= 11 is 0. The van der Waals surface area contributed by atoms with Gasteiger partial charge in [-0.1, -0.05) is 26.0 Å². The van der Waals surface area contributed by atoms with Gasteiger partial charge in [0.15, 0.2) is 0 Å². The van der Waals surface area contributed by atoms with Crippen molar-refractivity contribution in [2.45, 2.75) is 32.6 Å². The van der Waals surface area contributed by atoms with Crippen LogP contribution in [-0.2, 0) is 17.5 Å². The van der Waals surface area contributed by atoms with E-state index in [4.69, 9.17) is 4.74 Å². The third-order valence-electron chi connectivity index (χ3n) is 3.00. The fourth-order valence-electron chi connectivity index (χ4n) is 1.73. The minimum atomic E-state index is -4.28. The van der Waals surface area contributed by atoms with E-state index in [0.29, 0.717) is 19.1 Å². The Morgan fingerprint density at radius 1 is 1.16 bits per heavy atom. The van der Waals surface area contributed by atoms with Crippen molar-refractivity contribution in [1.29, 1.82) is 0 Å². The monoisotopic (exact) mass is 275 g/mol. The molecule has 1 N–H and O–H groups in total. The summed E-state index contributed by atoms with van der Waals surface area (Å²) in [6.45, 7) is 5.26. The lowest BCUT2D eigenvalue weighted by atomic mass is 10.0. The van der Waals surface area contributed by atoms with Crippen molar-refractivity contribution in [3.63, 3.8) is 0 Å². The molecule has 0 aliphatic heterocycles. The van der Waals surface area contributed by atoms with Gasteiger partial charge in [-0.05, 0) is 23.6 Å². The summed E-state index contributed by atoms with van der Waals surface area (Å²) in [7, 11) is 1.63. The van der Waals surface area contributed by atoms with Crippen LogP contribution in [-0.4, -0.2) is 19.8 Å². The zero-order chi connectivity index (χ0) is 14.5. The second-order valence-corrected chi connectivity index (χ2v) is 4.88. The fraction of sp³-hybridized carbons (Fsp3) is 0.571. The SMILES string of the molecule is COCC(NCc1ccc(C(F)(F)F)cc1)C(C)C. The van der Waals surface area contributed by atoms with E-state index in [-0.39, 0.29) is 6.04 Å². The molecule has 0 heterocycles. The van der Waals surface area contributed by atoms with Crippen molar-refractivity contribution >= 4 is 0 Å². The van der Waals surface area contributed by atoms with Crippen LogP contribution in [0.5, 0.6) is 0 Å². The van der Waals surface area contributed by atoms with Crippen LogP contribution in [0.15, 0.2) is 24.3 Å². The Hall–Kier alpha value is -1.07. The Morgan fingerprint density at radius 3 is 2.16 bits per heavy atom. The van der Waals surface area contributed by atoms with Crippen LogP contribution in [0.3, 0.4) is 0 Å². The average molecular weight is 275 g/mol. The van der Waals surface area contributed by atoms with E-state index in [9.17, 15) is 13.2 Å². The topological polar surface area (TPSA) is 21.3 Å². The maximum absolute atomic E-state index is 12.4. The van der Waals surface area contributed by atoms with E-state index < -0.39 is 11.7 Å². The molecule has 0 amide bonds. The highest BCUT2D eigenvalue weighted by molar-refractivity contribution is 5.24. The molecule has 19 heavy (non-hydrogen) atoms. The number of benzene rings is 1. The molecule has 0 bridgehead atoms. The van der Waals surface area contributed by atoms with Gasteiger partial charge in [0.05, 0.1) is 12.2 Å². The normalized spacial score (nSPS) is 13.8. The molecule has 0 fully saturated rings. The molecule has 5 heteroatoms. The number of alkyl halides is 3. The zero-order valence-electron chi connectivity index (χ0n) is 11.4. The third-order valence-corrected chi connectivity index (χ3v) is 3.00. The van der Waals surface area contributed by atoms with Crippen LogP contribution in [0.1, 0.15) is 25.0 Å². The summed E-state index contributed by atoms with van der Waals surface area (Å²) in [5, 5.41) is 3.29. The fourth-order valence-corrected chi connectivity index (χ4v) is 1.73. The van der Waals surface area contributed by atoms with Gasteiger partial charge < -0.3 is 10.1 Å². The van der Waals surface area contributed by atoms with Crippen LogP contribution in [0.2, 0.25) is 0 Å². The number of hydrogen-bond donors (Lipinski definition) is 1. The summed E-state index contributed by atoms with van der Waals surface area (Å²) in [6.07, 6.45) is -4.28. The van der Waals surface area contributed by atoms with Crippen molar-refractivity contribution in [1.82, 2.24) is 5.32 Å². The molecule has 1 atom stereocenters. The van der Waals surface area contributed by atoms with Crippen LogP contribution < -0.4 is 5.32 Å². The minimum absolute atomic E-state index is 0.187. The first-order chi connectivity index (χ1) is 8.84. The Bertz CT molecular complexity index is 373. The number of ether oxygens (including phenoxy) is 1. The minimum Gasteiger partial charge on any atom is -0.383 e. The van der Waals surface area contributed by atoms with E-state index in [2.05, 4.69) is 19.2 Å². The molecule has 0 aliphatic carbocycles. The van der Waals surface area contributed by atoms with Gasteiger partial charge in [0.2, 0.25) is 0 Å². The molecule has 0 saturated heterocycles. The lowest BCUT2D eigenvalue weighted by Crippen LogP contribution is -2.37. The molecule has 108 valence electrons. The lowest BCUT2D eigenvalue weighted by molar-refractivity contribution is -0.137. The van der Waals surface area contributed by atoms with Gasteiger partial charge in [0.25, 0.3) is 0 Å². The van der Waals surface area contributed by atoms with E-state index in [0.717, 1.165) is 17.7 Å². The number of halogens is 3. The van der Waals surface area contributed by atoms with Gasteiger partial charge in [-0.25, -0.2) is 0 Å². The van der Waals surface area contributed by atoms with Crippen molar-refractivity contribution in [3.8, 4) is 0 Å². The first-order valence-electron chi connectivity index (χ1n) is 6.23. The zero-order valence-corrected chi connectivity index (χ0v) is 11.4. The Balaban J connectivity index is 2.58. The highest BCUT2D eigenvalue weighted by Crippen LogP contribution is 2.29. The second kappa shape index (κ2) is 6.91. The van der Waals surface area contributed by atoms with Gasteiger partial charge >= 0.3 is 6.18 Å². The van der Waals surface area contributed by atoms with Crippen LogP contribution >= 0.6 is 0 Å². The van der Waals surface area contributed by atoms with Gasteiger partial charge in [-0.3, -0.25) is 0 Å².